The van der Waals surface area contributed by atoms with E-state index in [1.165, 1.54) is 23.2 Å². The van der Waals surface area contributed by atoms with E-state index in [4.69, 9.17) is 12.2 Å². The summed E-state index contributed by atoms with van der Waals surface area (Å²) >= 11 is 5.29. The van der Waals surface area contributed by atoms with Crippen molar-refractivity contribution in [3.63, 3.8) is 0 Å². The van der Waals surface area contributed by atoms with Crippen LogP contribution in [0.1, 0.15) is 11.1 Å². The predicted molar refractivity (Wildman–Crippen MR) is 104 cm³/mol. The minimum atomic E-state index is -3.29. The van der Waals surface area contributed by atoms with Crippen LogP contribution in [0.3, 0.4) is 0 Å². The van der Waals surface area contributed by atoms with Crippen molar-refractivity contribution in [1.29, 1.82) is 0 Å². The van der Waals surface area contributed by atoms with E-state index in [2.05, 4.69) is 22.8 Å². The van der Waals surface area contributed by atoms with E-state index in [-0.39, 0.29) is 0 Å². The van der Waals surface area contributed by atoms with Gasteiger partial charge in [0.1, 0.15) is 0 Å². The second-order valence-corrected chi connectivity index (χ2v) is 8.00. The maximum absolute atomic E-state index is 11.6. The number of thiocarbonyl (C=S) groups is 1. The van der Waals surface area contributed by atoms with Crippen LogP contribution < -0.4 is 14.9 Å². The van der Waals surface area contributed by atoms with Gasteiger partial charge in [0.05, 0.1) is 11.9 Å². The maximum Gasteiger partial charge on any atom is 0.231 e. The highest BCUT2D eigenvalue weighted by molar-refractivity contribution is 7.92. The summed E-state index contributed by atoms with van der Waals surface area (Å²) in [6.45, 7) is 2.67. The topological polar surface area (TPSA) is 61.4 Å². The Kier molecular flexibility index (Phi) is 5.80. The summed E-state index contributed by atoms with van der Waals surface area (Å²) in [5.41, 5.74) is 3.65. The summed E-state index contributed by atoms with van der Waals surface area (Å²) in [7, 11) is -1.78. The van der Waals surface area contributed by atoms with Gasteiger partial charge in [-0.3, -0.25) is 4.31 Å². The molecule has 128 valence electrons. The van der Waals surface area contributed by atoms with Gasteiger partial charge in [-0.25, -0.2) is 8.42 Å². The molecule has 0 saturated carbocycles. The smallest absolute Gasteiger partial charge is 0.231 e. The lowest BCUT2D eigenvalue weighted by molar-refractivity contribution is 0.600. The molecular weight excluding hydrogens is 342 g/mol. The second kappa shape index (κ2) is 7.63. The molecule has 0 amide bonds. The number of sulfonamides is 1. The summed E-state index contributed by atoms with van der Waals surface area (Å²) in [5, 5.41) is 6.68. The monoisotopic (exact) mass is 363 g/mol. The van der Waals surface area contributed by atoms with E-state index >= 15 is 0 Å². The van der Waals surface area contributed by atoms with Gasteiger partial charge < -0.3 is 10.6 Å². The fourth-order valence-electron chi connectivity index (χ4n) is 2.03. The summed E-state index contributed by atoms with van der Waals surface area (Å²) in [4.78, 5) is 0. The Morgan fingerprint density at radius 1 is 1.17 bits per heavy atom. The lowest BCUT2D eigenvalue weighted by Crippen LogP contribution is -2.28. The Labute approximate surface area is 148 Å². The molecule has 2 aromatic rings. The number of hydrogen-bond acceptors (Lipinski definition) is 3. The Bertz CT molecular complexity index is 818. The van der Waals surface area contributed by atoms with Gasteiger partial charge in [-0.2, -0.15) is 0 Å². The quantitative estimate of drug-likeness (QED) is 0.800. The van der Waals surface area contributed by atoms with Crippen molar-refractivity contribution in [3.8, 4) is 0 Å². The summed E-state index contributed by atoms with van der Waals surface area (Å²) in [5.74, 6) is 0. The molecule has 24 heavy (non-hydrogen) atoms. The molecule has 2 N–H and O–H groups in total. The first-order valence-corrected chi connectivity index (χ1v) is 9.66. The van der Waals surface area contributed by atoms with Crippen molar-refractivity contribution < 1.29 is 8.42 Å². The Morgan fingerprint density at radius 3 is 2.46 bits per heavy atom. The summed E-state index contributed by atoms with van der Waals surface area (Å²) in [6.07, 6.45) is 1.17. The molecule has 0 radical (unpaired) electrons. The van der Waals surface area contributed by atoms with Crippen LogP contribution in [0.4, 0.5) is 11.4 Å². The number of anilines is 2. The third-order valence-corrected chi connectivity index (χ3v) is 4.99. The van der Waals surface area contributed by atoms with Crippen LogP contribution in [0.5, 0.6) is 0 Å². The minimum absolute atomic E-state index is 0.481. The molecule has 0 heterocycles. The number of rotatable bonds is 5. The maximum atomic E-state index is 11.6. The van der Waals surface area contributed by atoms with Crippen LogP contribution in [-0.2, 0) is 16.6 Å². The SMILES string of the molecule is Cc1ccc(CNC(=S)Nc2cccc(N(C)S(C)(=O)=O)c2)cc1. The van der Waals surface area contributed by atoms with E-state index in [0.29, 0.717) is 17.3 Å². The van der Waals surface area contributed by atoms with Gasteiger partial charge in [0, 0.05) is 19.3 Å². The van der Waals surface area contributed by atoms with Crippen molar-refractivity contribution in [2.75, 3.05) is 22.9 Å². The second-order valence-electron chi connectivity index (χ2n) is 5.57. The van der Waals surface area contributed by atoms with Crippen molar-refractivity contribution in [3.05, 3.63) is 59.7 Å². The third-order valence-electron chi connectivity index (χ3n) is 3.54. The first-order valence-electron chi connectivity index (χ1n) is 7.40. The van der Waals surface area contributed by atoms with Crippen LogP contribution in [0.25, 0.3) is 0 Å². The number of nitrogens with zero attached hydrogens (tertiary/aromatic N) is 1. The highest BCUT2D eigenvalue weighted by Gasteiger charge is 2.12. The molecule has 0 aliphatic heterocycles. The fraction of sp³-hybridized carbons (Fsp3) is 0.235. The van der Waals surface area contributed by atoms with Crippen LogP contribution >= 0.6 is 12.2 Å². The van der Waals surface area contributed by atoms with Gasteiger partial charge in [-0.1, -0.05) is 35.9 Å². The van der Waals surface area contributed by atoms with Gasteiger partial charge in [-0.15, -0.1) is 0 Å². The Hall–Kier alpha value is -2.12. The van der Waals surface area contributed by atoms with E-state index in [9.17, 15) is 8.42 Å². The van der Waals surface area contributed by atoms with E-state index in [0.717, 1.165) is 11.3 Å². The molecule has 0 bridgehead atoms. The normalized spacial score (nSPS) is 11.0. The molecule has 7 heteroatoms. The molecule has 0 atom stereocenters. The van der Waals surface area contributed by atoms with Gasteiger partial charge >= 0.3 is 0 Å². The highest BCUT2D eigenvalue weighted by Crippen LogP contribution is 2.20. The van der Waals surface area contributed by atoms with Crippen molar-refractivity contribution in [1.82, 2.24) is 5.32 Å². The zero-order chi connectivity index (χ0) is 17.7. The van der Waals surface area contributed by atoms with Crippen molar-refractivity contribution in [2.45, 2.75) is 13.5 Å². The highest BCUT2D eigenvalue weighted by atomic mass is 32.2. The molecule has 0 spiro atoms. The van der Waals surface area contributed by atoms with Crippen LogP contribution in [-0.4, -0.2) is 26.8 Å². The predicted octanol–water partition coefficient (Wildman–Crippen LogP) is 2.88. The molecule has 0 aliphatic carbocycles. The lowest BCUT2D eigenvalue weighted by atomic mass is 10.1. The Balaban J connectivity index is 1.98. The van der Waals surface area contributed by atoms with Gasteiger partial charge in [0.25, 0.3) is 0 Å². The number of benzene rings is 2. The number of nitrogens with one attached hydrogen (secondary N) is 2. The molecule has 5 nitrogen and oxygen atoms in total. The zero-order valence-corrected chi connectivity index (χ0v) is 15.5. The fourth-order valence-corrected chi connectivity index (χ4v) is 2.72. The van der Waals surface area contributed by atoms with Crippen molar-refractivity contribution >= 4 is 38.7 Å². The molecule has 0 aliphatic rings. The van der Waals surface area contributed by atoms with Crippen LogP contribution in [0.15, 0.2) is 48.5 Å². The largest absolute Gasteiger partial charge is 0.358 e. The third kappa shape index (κ3) is 5.21. The average Bonchev–Trinajstić information content (AvgIpc) is 2.53. The molecule has 0 fully saturated rings. The molecule has 2 aromatic carbocycles. The lowest BCUT2D eigenvalue weighted by Gasteiger charge is -2.18. The van der Waals surface area contributed by atoms with Gasteiger partial charge in [0.15, 0.2) is 5.11 Å². The standard InChI is InChI=1S/C17H21N3O2S2/c1-13-7-9-14(10-8-13)12-18-17(23)19-15-5-4-6-16(11-15)20(2)24(3,21)22/h4-11H,12H2,1-3H3,(H2,18,19,23). The molecule has 0 unspecified atom stereocenters. The molecule has 0 saturated heterocycles. The average molecular weight is 364 g/mol. The first-order chi connectivity index (χ1) is 11.3. The van der Waals surface area contributed by atoms with Crippen LogP contribution in [0, 0.1) is 6.92 Å². The van der Waals surface area contributed by atoms with Gasteiger partial charge in [0.2, 0.25) is 10.0 Å². The minimum Gasteiger partial charge on any atom is -0.358 e. The van der Waals surface area contributed by atoms with E-state index in [1.807, 2.05) is 25.1 Å². The van der Waals surface area contributed by atoms with Crippen molar-refractivity contribution in [2.24, 2.45) is 0 Å². The Morgan fingerprint density at radius 2 is 1.83 bits per heavy atom. The number of aryl methyl sites for hydroxylation is 1. The summed E-state index contributed by atoms with van der Waals surface area (Å²) in [6, 6.07) is 15.3. The number of hydrogen-bond donors (Lipinski definition) is 2. The molecule has 2 rings (SSSR count). The van der Waals surface area contributed by atoms with E-state index < -0.39 is 10.0 Å². The zero-order valence-electron chi connectivity index (χ0n) is 13.9. The van der Waals surface area contributed by atoms with Crippen LogP contribution in [0.2, 0.25) is 0 Å². The summed E-state index contributed by atoms with van der Waals surface area (Å²) < 4.78 is 24.5. The molecule has 0 aromatic heterocycles. The molecular formula is C17H21N3O2S2. The van der Waals surface area contributed by atoms with Gasteiger partial charge in [-0.05, 0) is 42.9 Å². The first kappa shape index (κ1) is 18.2. The van der Waals surface area contributed by atoms with E-state index in [1.54, 1.807) is 18.2 Å².